The maximum atomic E-state index is 13.9. The highest BCUT2D eigenvalue weighted by molar-refractivity contribution is 6.37. The van der Waals surface area contributed by atoms with E-state index in [1.54, 1.807) is 60.7 Å². The predicted octanol–water partition coefficient (Wildman–Crippen LogP) is 3.70. The number of fused-ring (bicyclic) bond motifs is 3. The summed E-state index contributed by atoms with van der Waals surface area (Å²) in [6.07, 6.45) is -0.928. The minimum atomic E-state index is -2.07. The Labute approximate surface area is 201 Å². The highest BCUT2D eigenvalue weighted by atomic mass is 16.5. The van der Waals surface area contributed by atoms with Crippen LogP contribution in [0.25, 0.3) is 0 Å². The lowest BCUT2D eigenvalue weighted by atomic mass is 9.77. The normalized spacial score (nSPS) is 24.3. The monoisotopic (exact) mass is 467 g/mol. The van der Waals surface area contributed by atoms with Gasteiger partial charge in [-0.25, -0.2) is 4.90 Å². The number of ether oxygens (including phenoxy) is 2. The Morgan fingerprint density at radius 2 is 1.40 bits per heavy atom. The minimum absolute atomic E-state index is 0.213. The van der Waals surface area contributed by atoms with Gasteiger partial charge >= 0.3 is 0 Å². The van der Waals surface area contributed by atoms with Gasteiger partial charge in [0, 0.05) is 11.1 Å². The Hall–Kier alpha value is -4.10. The van der Waals surface area contributed by atoms with Crippen molar-refractivity contribution in [2.75, 3.05) is 12.0 Å². The predicted molar refractivity (Wildman–Crippen MR) is 125 cm³/mol. The maximum absolute atomic E-state index is 13.9. The molecule has 0 aromatic heterocycles. The van der Waals surface area contributed by atoms with E-state index in [9.17, 15) is 19.2 Å². The molecule has 35 heavy (non-hydrogen) atoms. The molecule has 3 atom stereocenters. The van der Waals surface area contributed by atoms with E-state index < -0.39 is 46.9 Å². The number of rotatable bonds is 3. The number of aryl methyl sites for hydroxylation is 1. The molecule has 2 amide bonds. The highest BCUT2D eigenvalue weighted by Crippen LogP contribution is 2.58. The van der Waals surface area contributed by atoms with Gasteiger partial charge in [-0.2, -0.15) is 0 Å². The van der Waals surface area contributed by atoms with Crippen LogP contribution in [0.4, 0.5) is 5.69 Å². The number of amides is 2. The molecule has 0 N–H and O–H groups in total. The van der Waals surface area contributed by atoms with Crippen molar-refractivity contribution in [2.45, 2.75) is 18.6 Å². The standard InChI is InChI=1S/C28H21NO6/c1-15-7-3-4-8-18(15)23-21-22(27(33)29(26(21)32)16-11-13-17(34-2)14-12-16)28(35-23)24(30)19-9-5-6-10-20(19)25(28)31/h3-14,21-23H,1-2H3/t21-,22+,23-/m0/s1. The van der Waals surface area contributed by atoms with Crippen LogP contribution in [0.1, 0.15) is 37.9 Å². The van der Waals surface area contributed by atoms with E-state index in [-0.39, 0.29) is 11.1 Å². The van der Waals surface area contributed by atoms with Gasteiger partial charge in [0.2, 0.25) is 29.0 Å². The van der Waals surface area contributed by atoms with Crippen LogP contribution in [-0.2, 0) is 14.3 Å². The summed E-state index contributed by atoms with van der Waals surface area (Å²) in [7, 11) is 1.52. The molecule has 6 rings (SSSR count). The van der Waals surface area contributed by atoms with E-state index in [1.807, 2.05) is 19.1 Å². The van der Waals surface area contributed by atoms with Gasteiger partial charge < -0.3 is 9.47 Å². The van der Waals surface area contributed by atoms with Gasteiger partial charge in [-0.15, -0.1) is 0 Å². The number of ketones is 2. The second kappa shape index (κ2) is 7.45. The van der Waals surface area contributed by atoms with Gasteiger partial charge in [0.1, 0.15) is 5.75 Å². The number of carbonyl (C=O) groups excluding carboxylic acids is 4. The molecule has 0 bridgehead atoms. The lowest BCUT2D eigenvalue weighted by molar-refractivity contribution is -0.127. The van der Waals surface area contributed by atoms with Crippen LogP contribution in [0.15, 0.2) is 72.8 Å². The number of methoxy groups -OCH3 is 1. The number of nitrogens with zero attached hydrogens (tertiary/aromatic N) is 1. The summed E-state index contributed by atoms with van der Waals surface area (Å²) in [6, 6.07) is 20.3. The van der Waals surface area contributed by atoms with Crippen LogP contribution < -0.4 is 9.64 Å². The zero-order chi connectivity index (χ0) is 24.5. The van der Waals surface area contributed by atoms with E-state index >= 15 is 0 Å². The Morgan fingerprint density at radius 1 is 0.800 bits per heavy atom. The van der Waals surface area contributed by atoms with Gasteiger partial charge in [0.25, 0.3) is 0 Å². The van der Waals surface area contributed by atoms with Gasteiger partial charge in [-0.1, -0.05) is 48.5 Å². The molecule has 1 spiro atoms. The number of imide groups is 1. The van der Waals surface area contributed by atoms with Crippen molar-refractivity contribution in [1.82, 2.24) is 0 Å². The Balaban J connectivity index is 1.54. The van der Waals surface area contributed by atoms with E-state index in [4.69, 9.17) is 9.47 Å². The van der Waals surface area contributed by atoms with Gasteiger partial charge in [-0.3, -0.25) is 19.2 Å². The van der Waals surface area contributed by atoms with E-state index in [2.05, 4.69) is 0 Å². The molecule has 0 radical (unpaired) electrons. The largest absolute Gasteiger partial charge is 0.497 e. The Bertz CT molecular complexity index is 1390. The number of anilines is 1. The summed E-state index contributed by atoms with van der Waals surface area (Å²) in [5.74, 6) is -3.96. The van der Waals surface area contributed by atoms with Crippen molar-refractivity contribution in [3.05, 3.63) is 95.1 Å². The molecule has 0 unspecified atom stereocenters. The van der Waals surface area contributed by atoms with Gasteiger partial charge in [0.05, 0.1) is 30.7 Å². The Kier molecular flexibility index (Phi) is 4.56. The SMILES string of the molecule is COc1ccc(N2C(=O)[C@@H]3[C@H](c4ccccc4C)OC4(C(=O)c5ccccc5C4=O)[C@H]3C2=O)cc1. The maximum Gasteiger partial charge on any atom is 0.241 e. The third-order valence-electron chi connectivity index (χ3n) is 7.34. The molecule has 174 valence electrons. The molecule has 2 heterocycles. The van der Waals surface area contributed by atoms with Crippen LogP contribution in [0.5, 0.6) is 5.75 Å². The van der Waals surface area contributed by atoms with Crippen LogP contribution in [0.3, 0.4) is 0 Å². The molecule has 3 aliphatic rings. The smallest absolute Gasteiger partial charge is 0.241 e. The Morgan fingerprint density at radius 3 is 2.00 bits per heavy atom. The van der Waals surface area contributed by atoms with Gasteiger partial charge in [0.15, 0.2) is 0 Å². The topological polar surface area (TPSA) is 90.0 Å². The molecule has 2 aliphatic heterocycles. The molecule has 3 aromatic rings. The average Bonchev–Trinajstić information content (AvgIpc) is 3.44. The molecule has 3 aromatic carbocycles. The first-order valence-electron chi connectivity index (χ1n) is 11.3. The third-order valence-corrected chi connectivity index (χ3v) is 7.34. The first kappa shape index (κ1) is 21.4. The van der Waals surface area contributed by atoms with E-state index in [0.29, 0.717) is 17.0 Å². The average molecular weight is 467 g/mol. The zero-order valence-corrected chi connectivity index (χ0v) is 19.1. The van der Waals surface area contributed by atoms with Crippen molar-refractivity contribution < 1.29 is 28.7 Å². The van der Waals surface area contributed by atoms with Crippen molar-refractivity contribution in [1.29, 1.82) is 0 Å². The van der Waals surface area contributed by atoms with Crippen molar-refractivity contribution in [3.8, 4) is 5.75 Å². The van der Waals surface area contributed by atoms with Crippen LogP contribution >= 0.6 is 0 Å². The fraction of sp³-hybridized carbons (Fsp3) is 0.214. The quantitative estimate of drug-likeness (QED) is 0.431. The molecule has 7 nitrogen and oxygen atoms in total. The van der Waals surface area contributed by atoms with Crippen molar-refractivity contribution >= 4 is 29.1 Å². The molecule has 2 saturated heterocycles. The summed E-state index contributed by atoms with van der Waals surface area (Å²) in [5, 5.41) is 0. The summed E-state index contributed by atoms with van der Waals surface area (Å²) in [5.41, 5.74) is 0.217. The molecular weight excluding hydrogens is 446 g/mol. The number of Topliss-reactive ketones (excluding diaryl/α,β-unsaturated/α-hetero) is 2. The van der Waals surface area contributed by atoms with Crippen molar-refractivity contribution in [3.63, 3.8) is 0 Å². The number of carbonyl (C=O) groups is 4. The highest BCUT2D eigenvalue weighted by Gasteiger charge is 2.74. The number of benzene rings is 3. The fourth-order valence-corrected chi connectivity index (χ4v) is 5.69. The minimum Gasteiger partial charge on any atom is -0.497 e. The molecule has 1 aliphatic carbocycles. The molecule has 7 heteroatoms. The fourth-order valence-electron chi connectivity index (χ4n) is 5.69. The molecular formula is C28H21NO6. The number of hydrogen-bond donors (Lipinski definition) is 0. The second-order valence-electron chi connectivity index (χ2n) is 9.05. The second-order valence-corrected chi connectivity index (χ2v) is 9.05. The van der Waals surface area contributed by atoms with Crippen LogP contribution in [0, 0.1) is 18.8 Å². The first-order chi connectivity index (χ1) is 16.9. The summed E-state index contributed by atoms with van der Waals surface area (Å²) in [4.78, 5) is 56.4. The first-order valence-corrected chi connectivity index (χ1v) is 11.3. The van der Waals surface area contributed by atoms with Crippen LogP contribution in [-0.4, -0.2) is 36.1 Å². The third kappa shape index (κ3) is 2.70. The summed E-state index contributed by atoms with van der Waals surface area (Å²) in [6.45, 7) is 1.87. The van der Waals surface area contributed by atoms with Gasteiger partial charge in [-0.05, 0) is 42.3 Å². The van der Waals surface area contributed by atoms with E-state index in [0.717, 1.165) is 10.5 Å². The summed E-state index contributed by atoms with van der Waals surface area (Å²) < 4.78 is 11.5. The van der Waals surface area contributed by atoms with Crippen molar-refractivity contribution in [2.24, 2.45) is 11.8 Å². The molecule has 0 saturated carbocycles. The van der Waals surface area contributed by atoms with E-state index in [1.165, 1.54) is 7.11 Å². The lowest BCUT2D eigenvalue weighted by Crippen LogP contribution is -2.51. The molecule has 2 fully saturated rings. The van der Waals surface area contributed by atoms with Crippen LogP contribution in [0.2, 0.25) is 0 Å². The zero-order valence-electron chi connectivity index (χ0n) is 19.1. The summed E-state index contributed by atoms with van der Waals surface area (Å²) >= 11 is 0. The number of hydrogen-bond acceptors (Lipinski definition) is 6. The lowest BCUT2D eigenvalue weighted by Gasteiger charge is -2.27.